The van der Waals surface area contributed by atoms with Crippen molar-refractivity contribution in [1.82, 2.24) is 4.98 Å². The van der Waals surface area contributed by atoms with Gasteiger partial charge in [-0.25, -0.2) is 4.98 Å². The first-order valence-electron chi connectivity index (χ1n) is 5.56. The maximum Gasteiger partial charge on any atom is 0.180 e. The molecule has 3 rings (SSSR count). The van der Waals surface area contributed by atoms with Gasteiger partial charge in [0, 0.05) is 10.9 Å². The van der Waals surface area contributed by atoms with Crippen LogP contribution in [-0.2, 0) is 0 Å². The molecule has 1 heterocycles. The fourth-order valence-corrected chi connectivity index (χ4v) is 2.56. The van der Waals surface area contributed by atoms with Crippen LogP contribution >= 0.6 is 11.3 Å². The van der Waals surface area contributed by atoms with Gasteiger partial charge in [-0.2, -0.15) is 0 Å². The van der Waals surface area contributed by atoms with E-state index in [0.29, 0.717) is 5.13 Å². The number of methoxy groups -OCH3 is 1. The van der Waals surface area contributed by atoms with E-state index in [-0.39, 0.29) is 0 Å². The van der Waals surface area contributed by atoms with Crippen molar-refractivity contribution in [2.75, 3.05) is 12.8 Å². The smallest absolute Gasteiger partial charge is 0.180 e. The molecule has 0 spiro atoms. The van der Waals surface area contributed by atoms with Crippen molar-refractivity contribution in [1.29, 1.82) is 0 Å². The number of anilines is 1. The zero-order chi connectivity index (χ0) is 12.5. The monoisotopic (exact) mass is 256 g/mol. The van der Waals surface area contributed by atoms with Crippen molar-refractivity contribution < 1.29 is 4.74 Å². The van der Waals surface area contributed by atoms with Gasteiger partial charge < -0.3 is 10.5 Å². The zero-order valence-corrected chi connectivity index (χ0v) is 10.7. The predicted octanol–water partition coefficient (Wildman–Crippen LogP) is 3.55. The number of benzene rings is 2. The molecule has 0 aliphatic heterocycles. The van der Waals surface area contributed by atoms with Crippen LogP contribution in [0.4, 0.5) is 5.13 Å². The first kappa shape index (κ1) is 11.0. The van der Waals surface area contributed by atoms with Crippen LogP contribution in [0.15, 0.2) is 41.8 Å². The van der Waals surface area contributed by atoms with Crippen molar-refractivity contribution in [2.24, 2.45) is 0 Å². The molecule has 0 bridgehead atoms. The Morgan fingerprint density at radius 3 is 2.50 bits per heavy atom. The molecule has 0 unspecified atom stereocenters. The molecule has 0 fully saturated rings. The van der Waals surface area contributed by atoms with Crippen LogP contribution in [0.25, 0.3) is 22.0 Å². The Bertz CT molecular complexity index is 706. The lowest BCUT2D eigenvalue weighted by Crippen LogP contribution is -1.89. The number of fused-ring (bicyclic) bond motifs is 1. The molecule has 1 aromatic heterocycles. The van der Waals surface area contributed by atoms with Crippen LogP contribution < -0.4 is 10.5 Å². The van der Waals surface area contributed by atoms with Gasteiger partial charge >= 0.3 is 0 Å². The number of hydrogen-bond acceptors (Lipinski definition) is 4. The van der Waals surface area contributed by atoms with Crippen molar-refractivity contribution in [2.45, 2.75) is 0 Å². The molecular formula is C14H12N2OS. The van der Waals surface area contributed by atoms with Gasteiger partial charge in [-0.1, -0.05) is 24.3 Å². The molecule has 2 N–H and O–H groups in total. The Morgan fingerprint density at radius 2 is 1.89 bits per heavy atom. The van der Waals surface area contributed by atoms with Gasteiger partial charge in [-0.05, 0) is 22.9 Å². The fraction of sp³-hybridized carbons (Fsp3) is 0.0714. The molecule has 90 valence electrons. The summed E-state index contributed by atoms with van der Waals surface area (Å²) in [5.41, 5.74) is 7.52. The van der Waals surface area contributed by atoms with E-state index in [4.69, 9.17) is 10.5 Å². The Labute approximate surface area is 109 Å². The SMILES string of the molecule is COc1cc2ccccc2cc1-c1csc(N)n1. The van der Waals surface area contributed by atoms with Crippen LogP contribution in [0.1, 0.15) is 0 Å². The number of thiazole rings is 1. The third kappa shape index (κ3) is 1.80. The summed E-state index contributed by atoms with van der Waals surface area (Å²) in [7, 11) is 1.67. The number of rotatable bonds is 2. The minimum atomic E-state index is 0.570. The van der Waals surface area contributed by atoms with E-state index in [9.17, 15) is 0 Å². The summed E-state index contributed by atoms with van der Waals surface area (Å²) in [5.74, 6) is 0.819. The maximum atomic E-state index is 5.69. The third-order valence-electron chi connectivity index (χ3n) is 2.87. The molecule has 0 atom stereocenters. The molecule has 0 amide bonds. The van der Waals surface area contributed by atoms with Crippen molar-refractivity contribution in [3.63, 3.8) is 0 Å². The van der Waals surface area contributed by atoms with E-state index in [1.165, 1.54) is 16.7 Å². The van der Waals surface area contributed by atoms with Gasteiger partial charge in [-0.3, -0.25) is 0 Å². The van der Waals surface area contributed by atoms with Gasteiger partial charge in [0.25, 0.3) is 0 Å². The molecule has 3 nitrogen and oxygen atoms in total. The summed E-state index contributed by atoms with van der Waals surface area (Å²) in [5, 5.41) is 4.84. The maximum absolute atomic E-state index is 5.69. The van der Waals surface area contributed by atoms with Crippen LogP contribution in [0.2, 0.25) is 0 Å². The third-order valence-corrected chi connectivity index (χ3v) is 3.54. The highest BCUT2D eigenvalue weighted by Gasteiger charge is 2.10. The number of nitrogens with zero attached hydrogens (tertiary/aromatic N) is 1. The molecule has 2 aromatic carbocycles. The minimum absolute atomic E-state index is 0.570. The van der Waals surface area contributed by atoms with E-state index in [0.717, 1.165) is 22.4 Å². The molecule has 0 saturated heterocycles. The summed E-state index contributed by atoms with van der Waals surface area (Å²) < 4.78 is 5.44. The van der Waals surface area contributed by atoms with E-state index in [1.807, 2.05) is 23.6 Å². The second-order valence-electron chi connectivity index (χ2n) is 3.97. The predicted molar refractivity (Wildman–Crippen MR) is 76.0 cm³/mol. The van der Waals surface area contributed by atoms with E-state index in [2.05, 4.69) is 23.2 Å². The first-order chi connectivity index (χ1) is 8.78. The average molecular weight is 256 g/mol. The molecule has 18 heavy (non-hydrogen) atoms. The van der Waals surface area contributed by atoms with Crippen LogP contribution in [-0.4, -0.2) is 12.1 Å². The van der Waals surface area contributed by atoms with Crippen molar-refractivity contribution >= 4 is 27.2 Å². The minimum Gasteiger partial charge on any atom is -0.496 e. The summed E-state index contributed by atoms with van der Waals surface area (Å²) in [6.07, 6.45) is 0. The van der Waals surface area contributed by atoms with Crippen LogP contribution in [0.5, 0.6) is 5.75 Å². The Hall–Kier alpha value is -2.07. The number of nitrogens with two attached hydrogens (primary N) is 1. The van der Waals surface area contributed by atoms with Crippen molar-refractivity contribution in [3.8, 4) is 17.0 Å². The molecule has 0 saturated carbocycles. The molecule has 4 heteroatoms. The van der Waals surface area contributed by atoms with Gasteiger partial charge in [0.2, 0.25) is 0 Å². The average Bonchev–Trinajstić information content (AvgIpc) is 2.83. The molecule has 0 radical (unpaired) electrons. The number of aromatic nitrogens is 1. The van der Waals surface area contributed by atoms with Crippen LogP contribution in [0, 0.1) is 0 Å². The lowest BCUT2D eigenvalue weighted by Gasteiger charge is -2.08. The quantitative estimate of drug-likeness (QED) is 0.762. The Kier molecular flexibility index (Phi) is 2.64. The topological polar surface area (TPSA) is 48.1 Å². The van der Waals surface area contributed by atoms with Gasteiger partial charge in [0.05, 0.1) is 12.8 Å². The second-order valence-corrected chi connectivity index (χ2v) is 4.86. The standard InChI is InChI=1S/C14H12N2OS/c1-17-13-7-10-5-3-2-4-9(10)6-11(13)12-8-18-14(15)16-12/h2-8H,1H3,(H2,15,16). The molecule has 0 aliphatic carbocycles. The van der Waals surface area contributed by atoms with E-state index < -0.39 is 0 Å². The second kappa shape index (κ2) is 4.31. The summed E-state index contributed by atoms with van der Waals surface area (Å²) in [6, 6.07) is 12.3. The Morgan fingerprint density at radius 1 is 1.17 bits per heavy atom. The number of ether oxygens (including phenoxy) is 1. The summed E-state index contributed by atoms with van der Waals surface area (Å²) in [6.45, 7) is 0. The van der Waals surface area contributed by atoms with E-state index >= 15 is 0 Å². The van der Waals surface area contributed by atoms with E-state index in [1.54, 1.807) is 7.11 Å². The van der Waals surface area contributed by atoms with Crippen molar-refractivity contribution in [3.05, 3.63) is 41.8 Å². The highest BCUT2D eigenvalue weighted by Crippen LogP contribution is 2.34. The largest absolute Gasteiger partial charge is 0.496 e. The fourth-order valence-electron chi connectivity index (χ4n) is 2.00. The first-order valence-corrected chi connectivity index (χ1v) is 6.44. The van der Waals surface area contributed by atoms with Gasteiger partial charge in [-0.15, -0.1) is 11.3 Å². The lowest BCUT2D eigenvalue weighted by molar-refractivity contribution is 0.417. The lowest BCUT2D eigenvalue weighted by atomic mass is 10.0. The van der Waals surface area contributed by atoms with Crippen LogP contribution in [0.3, 0.4) is 0 Å². The summed E-state index contributed by atoms with van der Waals surface area (Å²) in [4.78, 5) is 4.31. The highest BCUT2D eigenvalue weighted by molar-refractivity contribution is 7.13. The van der Waals surface area contributed by atoms with Gasteiger partial charge in [0.15, 0.2) is 5.13 Å². The number of nitrogen functional groups attached to an aromatic ring is 1. The normalized spacial score (nSPS) is 10.7. The number of hydrogen-bond donors (Lipinski definition) is 1. The highest BCUT2D eigenvalue weighted by atomic mass is 32.1. The van der Waals surface area contributed by atoms with Gasteiger partial charge in [0.1, 0.15) is 5.75 Å². The molecular weight excluding hydrogens is 244 g/mol. The molecule has 0 aliphatic rings. The zero-order valence-electron chi connectivity index (χ0n) is 9.88. The summed E-state index contributed by atoms with van der Waals surface area (Å²) >= 11 is 1.43. The Balaban J connectivity index is 2.26. The molecule has 3 aromatic rings.